The van der Waals surface area contributed by atoms with E-state index in [1.54, 1.807) is 13.8 Å². The molecule has 8 heteroatoms. The van der Waals surface area contributed by atoms with E-state index in [2.05, 4.69) is 5.32 Å². The molecule has 1 fully saturated rings. The van der Waals surface area contributed by atoms with Crippen LogP contribution in [0.4, 0.5) is 5.69 Å². The molecule has 0 aromatic heterocycles. The van der Waals surface area contributed by atoms with Crippen LogP contribution < -0.4 is 5.32 Å². The Morgan fingerprint density at radius 3 is 2.64 bits per heavy atom. The van der Waals surface area contributed by atoms with E-state index in [0.29, 0.717) is 24.2 Å². The first-order valence-electron chi connectivity index (χ1n) is 7.20. The summed E-state index contributed by atoms with van der Waals surface area (Å²) in [4.78, 5) is 10.5. The fraction of sp³-hybridized carbons (Fsp3) is 0.571. The van der Waals surface area contributed by atoms with Crippen molar-refractivity contribution in [3.63, 3.8) is 0 Å². The molecule has 0 aliphatic carbocycles. The summed E-state index contributed by atoms with van der Waals surface area (Å²) in [5.41, 5.74) is 0.982. The largest absolute Gasteiger partial charge is 0.316 e. The van der Waals surface area contributed by atoms with Gasteiger partial charge >= 0.3 is 0 Å². The van der Waals surface area contributed by atoms with Crippen LogP contribution in [0.25, 0.3) is 0 Å². The summed E-state index contributed by atoms with van der Waals surface area (Å²) in [5.74, 6) is 0. The highest BCUT2D eigenvalue weighted by atomic mass is 32.2. The van der Waals surface area contributed by atoms with E-state index in [1.165, 1.54) is 16.4 Å². The van der Waals surface area contributed by atoms with Crippen LogP contribution in [0.15, 0.2) is 17.0 Å². The van der Waals surface area contributed by atoms with Crippen LogP contribution in [-0.4, -0.2) is 43.8 Å². The number of nitro groups is 1. The monoisotopic (exact) mass is 327 g/mol. The smallest absolute Gasteiger partial charge is 0.271 e. The molecule has 7 nitrogen and oxygen atoms in total. The van der Waals surface area contributed by atoms with Gasteiger partial charge in [-0.15, -0.1) is 0 Å². The highest BCUT2D eigenvalue weighted by molar-refractivity contribution is 7.89. The zero-order chi connectivity index (χ0) is 16.5. The number of rotatable bonds is 4. The van der Waals surface area contributed by atoms with Crippen molar-refractivity contribution in [1.82, 2.24) is 9.62 Å². The van der Waals surface area contributed by atoms with E-state index in [1.807, 2.05) is 7.05 Å². The van der Waals surface area contributed by atoms with Crippen LogP contribution in [0.5, 0.6) is 0 Å². The molecule has 1 N–H and O–H groups in total. The Labute approximate surface area is 130 Å². The number of nitrogens with one attached hydrogen (secondary N) is 1. The predicted molar refractivity (Wildman–Crippen MR) is 83.4 cm³/mol. The molecule has 1 aliphatic rings. The van der Waals surface area contributed by atoms with Crippen molar-refractivity contribution in [2.24, 2.45) is 0 Å². The molecule has 122 valence electrons. The number of non-ortho nitro benzene ring substituents is 1. The quantitative estimate of drug-likeness (QED) is 0.669. The van der Waals surface area contributed by atoms with Crippen LogP contribution in [0, 0.1) is 24.0 Å². The number of benzene rings is 1. The van der Waals surface area contributed by atoms with Gasteiger partial charge in [-0.25, -0.2) is 8.42 Å². The second-order valence-corrected chi connectivity index (χ2v) is 7.54. The first kappa shape index (κ1) is 16.9. The molecule has 0 amide bonds. The minimum Gasteiger partial charge on any atom is -0.316 e. The average molecular weight is 327 g/mol. The summed E-state index contributed by atoms with van der Waals surface area (Å²) < 4.78 is 27.2. The van der Waals surface area contributed by atoms with Crippen molar-refractivity contribution in [3.8, 4) is 0 Å². The first-order chi connectivity index (χ1) is 10.3. The topological polar surface area (TPSA) is 92.6 Å². The van der Waals surface area contributed by atoms with Gasteiger partial charge in [0.2, 0.25) is 10.0 Å². The Morgan fingerprint density at radius 1 is 1.36 bits per heavy atom. The zero-order valence-electron chi connectivity index (χ0n) is 13.0. The lowest BCUT2D eigenvalue weighted by atomic mass is 10.1. The number of sulfonamides is 1. The fourth-order valence-electron chi connectivity index (χ4n) is 2.72. The van der Waals surface area contributed by atoms with Crippen molar-refractivity contribution in [1.29, 1.82) is 0 Å². The molecule has 1 aromatic carbocycles. The van der Waals surface area contributed by atoms with Crippen LogP contribution in [-0.2, 0) is 10.0 Å². The molecule has 0 radical (unpaired) electrons. The molecule has 1 heterocycles. The molecule has 0 spiro atoms. The molecule has 1 saturated heterocycles. The summed E-state index contributed by atoms with van der Waals surface area (Å²) in [5, 5.41) is 14.1. The van der Waals surface area contributed by atoms with Crippen molar-refractivity contribution >= 4 is 15.7 Å². The van der Waals surface area contributed by atoms with E-state index >= 15 is 0 Å². The number of piperidine rings is 1. The van der Waals surface area contributed by atoms with Crippen LogP contribution in [0.2, 0.25) is 0 Å². The Kier molecular flexibility index (Phi) is 4.84. The fourth-order valence-corrected chi connectivity index (χ4v) is 4.56. The second kappa shape index (κ2) is 6.31. The Hall–Kier alpha value is -1.51. The van der Waals surface area contributed by atoms with Gasteiger partial charge in [0.05, 0.1) is 9.82 Å². The Morgan fingerprint density at radius 2 is 2.05 bits per heavy atom. The maximum atomic E-state index is 12.9. The molecule has 2 rings (SSSR count). The van der Waals surface area contributed by atoms with E-state index < -0.39 is 14.9 Å². The summed E-state index contributed by atoms with van der Waals surface area (Å²) in [6, 6.07) is 2.69. The SMILES string of the molecule is CNC1CCCN(S(=O)(=O)c2cc([N+](=O)[O-])cc(C)c2C)C1. The number of aryl methyl sites for hydroxylation is 1. The standard InChI is InChI=1S/C14H21N3O4S/c1-10-7-13(17(18)19)8-14(11(10)2)22(20,21)16-6-4-5-12(9-16)15-3/h7-8,12,15H,4-6,9H2,1-3H3. The molecule has 22 heavy (non-hydrogen) atoms. The minimum atomic E-state index is -3.73. The highest BCUT2D eigenvalue weighted by Gasteiger charge is 2.32. The molecular weight excluding hydrogens is 306 g/mol. The Bertz CT molecular complexity index is 688. The molecule has 1 aromatic rings. The van der Waals surface area contributed by atoms with Gasteiger partial charge in [0.1, 0.15) is 0 Å². The van der Waals surface area contributed by atoms with Gasteiger partial charge in [-0.1, -0.05) is 0 Å². The molecule has 0 saturated carbocycles. The van der Waals surface area contributed by atoms with Gasteiger partial charge in [0.25, 0.3) is 5.69 Å². The third-order valence-electron chi connectivity index (χ3n) is 4.23. The minimum absolute atomic E-state index is 0.0379. The number of nitrogens with zero attached hydrogens (tertiary/aromatic N) is 2. The van der Waals surface area contributed by atoms with E-state index in [4.69, 9.17) is 0 Å². The van der Waals surface area contributed by atoms with Gasteiger partial charge in [0, 0.05) is 31.3 Å². The van der Waals surface area contributed by atoms with Gasteiger partial charge in [0.15, 0.2) is 0 Å². The first-order valence-corrected chi connectivity index (χ1v) is 8.64. The molecule has 1 atom stereocenters. The number of nitro benzene ring substituents is 1. The maximum absolute atomic E-state index is 12.9. The molecule has 1 unspecified atom stereocenters. The summed E-state index contributed by atoms with van der Waals surface area (Å²) in [6.45, 7) is 4.21. The lowest BCUT2D eigenvalue weighted by Gasteiger charge is -2.32. The van der Waals surface area contributed by atoms with Crippen LogP contribution in [0.1, 0.15) is 24.0 Å². The molecular formula is C14H21N3O4S. The van der Waals surface area contributed by atoms with E-state index in [0.717, 1.165) is 12.8 Å². The lowest BCUT2D eigenvalue weighted by Crippen LogP contribution is -2.47. The van der Waals surface area contributed by atoms with Gasteiger partial charge in [-0.05, 0) is 44.9 Å². The van der Waals surface area contributed by atoms with Crippen molar-refractivity contribution in [2.75, 3.05) is 20.1 Å². The van der Waals surface area contributed by atoms with Gasteiger partial charge in [-0.2, -0.15) is 4.31 Å². The van der Waals surface area contributed by atoms with Gasteiger partial charge < -0.3 is 5.32 Å². The van der Waals surface area contributed by atoms with Crippen molar-refractivity contribution < 1.29 is 13.3 Å². The lowest BCUT2D eigenvalue weighted by molar-refractivity contribution is -0.385. The highest BCUT2D eigenvalue weighted by Crippen LogP contribution is 2.29. The number of hydrogen-bond donors (Lipinski definition) is 1. The second-order valence-electron chi connectivity index (χ2n) is 5.63. The van der Waals surface area contributed by atoms with Crippen LogP contribution in [0.3, 0.4) is 0 Å². The van der Waals surface area contributed by atoms with Gasteiger partial charge in [-0.3, -0.25) is 10.1 Å². The number of likely N-dealkylation sites (N-methyl/N-ethyl adjacent to an activating group) is 1. The van der Waals surface area contributed by atoms with Crippen molar-refractivity contribution in [3.05, 3.63) is 33.4 Å². The predicted octanol–water partition coefficient (Wildman–Crippen LogP) is 1.58. The summed E-state index contributed by atoms with van der Waals surface area (Å²) in [6.07, 6.45) is 1.70. The van der Waals surface area contributed by atoms with Crippen LogP contribution >= 0.6 is 0 Å². The molecule has 0 bridgehead atoms. The van der Waals surface area contributed by atoms with Crippen molar-refractivity contribution in [2.45, 2.75) is 37.6 Å². The van der Waals surface area contributed by atoms with E-state index in [-0.39, 0.29) is 16.6 Å². The third kappa shape index (κ3) is 3.13. The molecule has 1 aliphatic heterocycles. The summed E-state index contributed by atoms with van der Waals surface area (Å²) >= 11 is 0. The maximum Gasteiger partial charge on any atom is 0.271 e. The third-order valence-corrected chi connectivity index (χ3v) is 6.22. The number of hydrogen-bond acceptors (Lipinski definition) is 5. The van der Waals surface area contributed by atoms with E-state index in [9.17, 15) is 18.5 Å². The Balaban J connectivity index is 2.47. The zero-order valence-corrected chi connectivity index (χ0v) is 13.8. The normalized spacial score (nSPS) is 20.0. The summed E-state index contributed by atoms with van der Waals surface area (Å²) in [7, 11) is -1.92. The average Bonchev–Trinajstić information content (AvgIpc) is 2.49.